The van der Waals surface area contributed by atoms with Crippen LogP contribution in [0.2, 0.25) is 0 Å². The third kappa shape index (κ3) is 4.91. The van der Waals surface area contributed by atoms with Crippen LogP contribution >= 0.6 is 0 Å². The van der Waals surface area contributed by atoms with Crippen molar-refractivity contribution in [3.05, 3.63) is 18.0 Å². The van der Waals surface area contributed by atoms with Gasteiger partial charge in [0, 0.05) is 24.3 Å². The van der Waals surface area contributed by atoms with Gasteiger partial charge in [-0.15, -0.1) is 0 Å². The van der Waals surface area contributed by atoms with Crippen LogP contribution in [0.1, 0.15) is 71.0 Å². The fraction of sp³-hybridized carbons (Fsp3) is 0.812. The van der Waals surface area contributed by atoms with E-state index >= 15 is 0 Å². The van der Waals surface area contributed by atoms with Gasteiger partial charge in [0.1, 0.15) is 0 Å². The van der Waals surface area contributed by atoms with Crippen molar-refractivity contribution in [2.24, 2.45) is 5.73 Å². The van der Waals surface area contributed by atoms with Crippen molar-refractivity contribution >= 4 is 0 Å². The van der Waals surface area contributed by atoms with Crippen molar-refractivity contribution in [1.82, 2.24) is 14.7 Å². The Labute approximate surface area is 124 Å². The quantitative estimate of drug-likeness (QED) is 0.715. The first-order valence-electron chi connectivity index (χ1n) is 8.12. The number of aromatic nitrogens is 2. The Morgan fingerprint density at radius 2 is 1.80 bits per heavy atom. The third-order valence-corrected chi connectivity index (χ3v) is 3.80. The Balaban J connectivity index is 2.80. The Morgan fingerprint density at radius 1 is 1.20 bits per heavy atom. The second-order valence-corrected chi connectivity index (χ2v) is 5.84. The molecule has 0 aromatic carbocycles. The van der Waals surface area contributed by atoms with Crippen molar-refractivity contribution in [2.45, 2.75) is 65.5 Å². The second-order valence-electron chi connectivity index (χ2n) is 5.84. The molecule has 0 aliphatic rings. The molecule has 2 N–H and O–H groups in total. The SMILES string of the molecule is CCCCN(CCCC)C(CN)c1cnn(C(C)C)c1. The Kier molecular flexibility index (Phi) is 7.85. The maximum Gasteiger partial charge on any atom is 0.0538 e. The number of nitrogens with zero attached hydrogens (tertiary/aromatic N) is 3. The van der Waals surface area contributed by atoms with E-state index in [0.29, 0.717) is 18.6 Å². The minimum atomic E-state index is 0.306. The zero-order valence-corrected chi connectivity index (χ0v) is 13.7. The van der Waals surface area contributed by atoms with Gasteiger partial charge in [0.2, 0.25) is 0 Å². The minimum absolute atomic E-state index is 0.306. The van der Waals surface area contributed by atoms with Crippen molar-refractivity contribution in [3.63, 3.8) is 0 Å². The van der Waals surface area contributed by atoms with Crippen LogP contribution in [0.4, 0.5) is 0 Å². The van der Waals surface area contributed by atoms with Crippen LogP contribution in [0.5, 0.6) is 0 Å². The number of rotatable bonds is 10. The maximum atomic E-state index is 6.06. The molecule has 0 spiro atoms. The van der Waals surface area contributed by atoms with E-state index < -0.39 is 0 Å². The standard InChI is InChI=1S/C16H32N4/c1-5-7-9-19(10-8-6-2)16(11-17)15-12-18-20(13-15)14(3)4/h12-14,16H,5-11,17H2,1-4H3. The molecule has 0 saturated heterocycles. The van der Waals surface area contributed by atoms with E-state index in [2.05, 4.69) is 43.9 Å². The molecule has 0 amide bonds. The van der Waals surface area contributed by atoms with Crippen molar-refractivity contribution < 1.29 is 0 Å². The first kappa shape index (κ1) is 17.2. The molecule has 1 aromatic rings. The summed E-state index contributed by atoms with van der Waals surface area (Å²) in [5, 5.41) is 4.46. The molecule has 1 heterocycles. The molecule has 0 bridgehead atoms. The smallest absolute Gasteiger partial charge is 0.0538 e. The molecule has 1 aromatic heterocycles. The summed E-state index contributed by atoms with van der Waals surface area (Å²) >= 11 is 0. The summed E-state index contributed by atoms with van der Waals surface area (Å²) < 4.78 is 2.02. The number of nitrogens with two attached hydrogens (primary N) is 1. The van der Waals surface area contributed by atoms with Crippen LogP contribution in [-0.2, 0) is 0 Å². The van der Waals surface area contributed by atoms with Gasteiger partial charge in [-0.25, -0.2) is 0 Å². The van der Waals surface area contributed by atoms with E-state index in [9.17, 15) is 0 Å². The summed E-state index contributed by atoms with van der Waals surface area (Å²) in [6.07, 6.45) is 9.07. The van der Waals surface area contributed by atoms with Crippen LogP contribution in [0, 0.1) is 0 Å². The number of hydrogen-bond acceptors (Lipinski definition) is 3. The third-order valence-electron chi connectivity index (χ3n) is 3.80. The molecule has 4 heteroatoms. The van der Waals surface area contributed by atoms with Gasteiger partial charge in [-0.2, -0.15) is 5.10 Å². The fourth-order valence-electron chi connectivity index (χ4n) is 2.45. The highest BCUT2D eigenvalue weighted by atomic mass is 15.3. The highest BCUT2D eigenvalue weighted by Crippen LogP contribution is 2.21. The lowest BCUT2D eigenvalue weighted by molar-refractivity contribution is 0.195. The highest BCUT2D eigenvalue weighted by Gasteiger charge is 2.20. The first-order valence-corrected chi connectivity index (χ1v) is 8.12. The van der Waals surface area contributed by atoms with Crippen LogP contribution in [0.15, 0.2) is 12.4 Å². The Hall–Kier alpha value is -0.870. The predicted molar refractivity (Wildman–Crippen MR) is 85.8 cm³/mol. The summed E-state index contributed by atoms with van der Waals surface area (Å²) in [6, 6.07) is 0.711. The molecule has 0 aliphatic carbocycles. The molecule has 0 saturated carbocycles. The van der Waals surface area contributed by atoms with E-state index in [1.807, 2.05) is 10.9 Å². The average Bonchev–Trinajstić information content (AvgIpc) is 2.91. The lowest BCUT2D eigenvalue weighted by Gasteiger charge is -2.30. The predicted octanol–water partition coefficient (Wildman–Crippen LogP) is 3.37. The summed E-state index contributed by atoms with van der Waals surface area (Å²) in [7, 11) is 0. The molecular weight excluding hydrogens is 248 g/mol. The van der Waals surface area contributed by atoms with Crippen LogP contribution in [-0.4, -0.2) is 34.3 Å². The monoisotopic (exact) mass is 280 g/mol. The van der Waals surface area contributed by atoms with Crippen LogP contribution < -0.4 is 5.73 Å². The molecule has 1 rings (SSSR count). The zero-order valence-electron chi connectivity index (χ0n) is 13.7. The summed E-state index contributed by atoms with van der Waals surface area (Å²) in [5.74, 6) is 0. The average molecular weight is 280 g/mol. The topological polar surface area (TPSA) is 47.1 Å². The van der Waals surface area contributed by atoms with Gasteiger partial charge in [-0.1, -0.05) is 26.7 Å². The Bertz CT molecular complexity index is 351. The molecular formula is C16H32N4. The highest BCUT2D eigenvalue weighted by molar-refractivity contribution is 5.11. The summed E-state index contributed by atoms with van der Waals surface area (Å²) in [6.45, 7) is 11.7. The van der Waals surface area contributed by atoms with Crippen LogP contribution in [0.25, 0.3) is 0 Å². The zero-order chi connectivity index (χ0) is 15.0. The van der Waals surface area contributed by atoms with E-state index in [1.165, 1.54) is 31.2 Å². The molecule has 20 heavy (non-hydrogen) atoms. The molecule has 1 unspecified atom stereocenters. The van der Waals surface area contributed by atoms with Gasteiger partial charge in [0.15, 0.2) is 0 Å². The summed E-state index contributed by atoms with van der Waals surface area (Å²) in [4.78, 5) is 2.54. The van der Waals surface area contributed by atoms with Gasteiger partial charge in [-0.3, -0.25) is 9.58 Å². The van der Waals surface area contributed by atoms with Gasteiger partial charge in [-0.05, 0) is 39.8 Å². The molecule has 1 atom stereocenters. The summed E-state index contributed by atoms with van der Waals surface area (Å²) in [5.41, 5.74) is 7.31. The normalized spacial score (nSPS) is 13.3. The van der Waals surface area contributed by atoms with E-state index in [4.69, 9.17) is 5.73 Å². The Morgan fingerprint density at radius 3 is 2.20 bits per heavy atom. The van der Waals surface area contributed by atoms with Gasteiger partial charge in [0.05, 0.1) is 12.2 Å². The maximum absolute atomic E-state index is 6.06. The fourth-order valence-corrected chi connectivity index (χ4v) is 2.45. The number of hydrogen-bond donors (Lipinski definition) is 1. The lowest BCUT2D eigenvalue weighted by Crippen LogP contribution is -2.35. The van der Waals surface area contributed by atoms with Crippen molar-refractivity contribution in [1.29, 1.82) is 0 Å². The largest absolute Gasteiger partial charge is 0.329 e. The lowest BCUT2D eigenvalue weighted by atomic mass is 10.1. The molecule has 0 radical (unpaired) electrons. The molecule has 116 valence electrons. The van der Waals surface area contributed by atoms with E-state index in [-0.39, 0.29) is 0 Å². The van der Waals surface area contributed by atoms with Gasteiger partial charge < -0.3 is 5.73 Å². The molecule has 0 aliphatic heterocycles. The molecule has 4 nitrogen and oxygen atoms in total. The first-order chi connectivity index (χ1) is 9.63. The van der Waals surface area contributed by atoms with Gasteiger partial charge >= 0.3 is 0 Å². The number of unbranched alkanes of at least 4 members (excludes halogenated alkanes) is 2. The van der Waals surface area contributed by atoms with Crippen LogP contribution in [0.3, 0.4) is 0 Å². The van der Waals surface area contributed by atoms with E-state index in [1.54, 1.807) is 0 Å². The van der Waals surface area contributed by atoms with E-state index in [0.717, 1.165) is 13.1 Å². The molecule has 0 fully saturated rings. The minimum Gasteiger partial charge on any atom is -0.329 e. The van der Waals surface area contributed by atoms with Gasteiger partial charge in [0.25, 0.3) is 0 Å². The van der Waals surface area contributed by atoms with Crippen molar-refractivity contribution in [2.75, 3.05) is 19.6 Å². The van der Waals surface area contributed by atoms with Crippen molar-refractivity contribution in [3.8, 4) is 0 Å². The second kappa shape index (κ2) is 9.14.